The third-order valence-corrected chi connectivity index (χ3v) is 4.42. The summed E-state index contributed by atoms with van der Waals surface area (Å²) >= 11 is 11.8. The molecular formula is C14H13Cl2N3O3. The van der Waals surface area contributed by atoms with Crippen LogP contribution in [0.25, 0.3) is 0 Å². The minimum Gasteiger partial charge on any atom is -0.323 e. The van der Waals surface area contributed by atoms with Crippen molar-refractivity contribution >= 4 is 46.7 Å². The van der Waals surface area contributed by atoms with Crippen LogP contribution in [0.3, 0.4) is 0 Å². The molecule has 116 valence electrons. The Balaban J connectivity index is 1.65. The number of nitrogens with zero attached hydrogens (tertiary/aromatic N) is 2. The maximum atomic E-state index is 12.1. The average molecular weight is 342 g/mol. The van der Waals surface area contributed by atoms with Crippen LogP contribution in [0, 0.1) is 0 Å². The molecule has 0 atom stereocenters. The third kappa shape index (κ3) is 2.89. The van der Waals surface area contributed by atoms with Crippen LogP contribution >= 0.6 is 23.2 Å². The highest BCUT2D eigenvalue weighted by Crippen LogP contribution is 2.31. The minimum atomic E-state index is -0.497. The number of carbonyl (C=O) groups is 3. The first-order chi connectivity index (χ1) is 10.5. The van der Waals surface area contributed by atoms with Gasteiger partial charge in [0.1, 0.15) is 13.1 Å². The van der Waals surface area contributed by atoms with Crippen LogP contribution in [-0.4, -0.2) is 46.8 Å². The Hall–Kier alpha value is -1.79. The van der Waals surface area contributed by atoms with Gasteiger partial charge in [-0.25, -0.2) is 4.79 Å². The Morgan fingerprint density at radius 1 is 1.27 bits per heavy atom. The molecule has 1 N–H and O–H groups in total. The lowest BCUT2D eigenvalue weighted by molar-refractivity contribution is -0.129. The number of nitrogens with one attached hydrogen (secondary N) is 1. The number of hydrogen-bond donors (Lipinski definition) is 1. The van der Waals surface area contributed by atoms with E-state index in [0.717, 1.165) is 17.7 Å². The van der Waals surface area contributed by atoms with E-state index < -0.39 is 11.9 Å². The highest BCUT2D eigenvalue weighted by molar-refractivity contribution is 6.44. The number of benzene rings is 1. The quantitative estimate of drug-likeness (QED) is 0.854. The van der Waals surface area contributed by atoms with Gasteiger partial charge >= 0.3 is 6.03 Å². The maximum absolute atomic E-state index is 12.1. The summed E-state index contributed by atoms with van der Waals surface area (Å²) in [5, 5.41) is 3.09. The molecular weight excluding hydrogens is 329 g/mol. The highest BCUT2D eigenvalue weighted by atomic mass is 35.5. The van der Waals surface area contributed by atoms with E-state index in [9.17, 15) is 14.4 Å². The van der Waals surface area contributed by atoms with E-state index in [1.165, 1.54) is 4.90 Å². The van der Waals surface area contributed by atoms with E-state index in [-0.39, 0.29) is 30.1 Å². The molecule has 1 heterocycles. The van der Waals surface area contributed by atoms with Crippen LogP contribution in [0.4, 0.5) is 10.5 Å². The van der Waals surface area contributed by atoms with E-state index in [2.05, 4.69) is 5.32 Å². The summed E-state index contributed by atoms with van der Waals surface area (Å²) < 4.78 is 0. The summed E-state index contributed by atoms with van der Waals surface area (Å²) in [4.78, 5) is 38.5. The number of anilines is 1. The first-order valence-electron chi connectivity index (χ1n) is 6.82. The summed E-state index contributed by atoms with van der Waals surface area (Å²) in [6, 6.07) is 4.58. The molecule has 3 rings (SSSR count). The SMILES string of the molecule is O=C(CN1C(=O)CN(C2CC2)C1=O)Nc1cccc(Cl)c1Cl. The van der Waals surface area contributed by atoms with Crippen molar-refractivity contribution in [3.63, 3.8) is 0 Å². The summed E-state index contributed by atoms with van der Waals surface area (Å²) in [6.07, 6.45) is 1.83. The van der Waals surface area contributed by atoms with Gasteiger partial charge in [0.05, 0.1) is 15.7 Å². The molecule has 0 spiro atoms. The average Bonchev–Trinajstić information content (AvgIpc) is 3.27. The van der Waals surface area contributed by atoms with Crippen LogP contribution in [0.2, 0.25) is 10.0 Å². The first-order valence-corrected chi connectivity index (χ1v) is 7.58. The normalized spacial score (nSPS) is 18.1. The van der Waals surface area contributed by atoms with Crippen LogP contribution in [0.1, 0.15) is 12.8 Å². The Labute approximate surface area is 136 Å². The van der Waals surface area contributed by atoms with Crippen LogP contribution < -0.4 is 5.32 Å². The molecule has 2 aliphatic rings. The van der Waals surface area contributed by atoms with E-state index in [1.807, 2.05) is 0 Å². The van der Waals surface area contributed by atoms with Gasteiger partial charge in [-0.3, -0.25) is 14.5 Å². The summed E-state index contributed by atoms with van der Waals surface area (Å²) in [5.41, 5.74) is 0.345. The molecule has 1 aliphatic heterocycles. The van der Waals surface area contributed by atoms with Crippen molar-refractivity contribution in [2.75, 3.05) is 18.4 Å². The second kappa shape index (κ2) is 5.78. The molecule has 2 fully saturated rings. The molecule has 1 aromatic carbocycles. The van der Waals surface area contributed by atoms with Crippen LogP contribution in [-0.2, 0) is 9.59 Å². The number of hydrogen-bond acceptors (Lipinski definition) is 3. The highest BCUT2D eigenvalue weighted by Gasteiger charge is 2.44. The number of amides is 4. The van der Waals surface area contributed by atoms with Gasteiger partial charge in [-0.05, 0) is 25.0 Å². The molecule has 0 aromatic heterocycles. The first kappa shape index (κ1) is 15.1. The zero-order valence-electron chi connectivity index (χ0n) is 11.5. The third-order valence-electron chi connectivity index (χ3n) is 3.60. The van der Waals surface area contributed by atoms with Crippen molar-refractivity contribution in [3.8, 4) is 0 Å². The van der Waals surface area contributed by atoms with Crippen molar-refractivity contribution in [1.82, 2.24) is 9.80 Å². The zero-order valence-corrected chi connectivity index (χ0v) is 13.0. The fourth-order valence-corrected chi connectivity index (χ4v) is 2.67. The minimum absolute atomic E-state index is 0.0503. The lowest BCUT2D eigenvalue weighted by atomic mass is 10.3. The van der Waals surface area contributed by atoms with Crippen LogP contribution in [0.5, 0.6) is 0 Å². The molecule has 0 radical (unpaired) electrons. The van der Waals surface area contributed by atoms with Crippen molar-refractivity contribution in [2.24, 2.45) is 0 Å². The summed E-state index contributed by atoms with van der Waals surface area (Å²) in [5.74, 6) is -0.854. The van der Waals surface area contributed by atoms with E-state index in [0.29, 0.717) is 10.7 Å². The molecule has 1 saturated carbocycles. The molecule has 22 heavy (non-hydrogen) atoms. The van der Waals surface area contributed by atoms with Gasteiger partial charge in [-0.15, -0.1) is 0 Å². The number of halogens is 2. The Bertz CT molecular complexity index is 661. The number of carbonyl (C=O) groups excluding carboxylic acids is 3. The molecule has 1 saturated heterocycles. The summed E-state index contributed by atoms with van der Waals surface area (Å²) in [6.45, 7) is -0.279. The Morgan fingerprint density at radius 2 is 2.00 bits per heavy atom. The van der Waals surface area contributed by atoms with Gasteiger partial charge in [0.15, 0.2) is 0 Å². The largest absolute Gasteiger partial charge is 0.327 e. The molecule has 4 amide bonds. The van der Waals surface area contributed by atoms with Gasteiger partial charge < -0.3 is 10.2 Å². The van der Waals surface area contributed by atoms with Crippen molar-refractivity contribution in [2.45, 2.75) is 18.9 Å². The van der Waals surface area contributed by atoms with E-state index in [4.69, 9.17) is 23.2 Å². The fourth-order valence-electron chi connectivity index (χ4n) is 2.32. The molecule has 1 aliphatic carbocycles. The van der Waals surface area contributed by atoms with Crippen molar-refractivity contribution in [1.29, 1.82) is 0 Å². The zero-order chi connectivity index (χ0) is 15.9. The van der Waals surface area contributed by atoms with Gasteiger partial charge in [-0.2, -0.15) is 0 Å². The lowest BCUT2D eigenvalue weighted by Gasteiger charge is -2.16. The molecule has 1 aromatic rings. The summed E-state index contributed by atoms with van der Waals surface area (Å²) in [7, 11) is 0. The van der Waals surface area contributed by atoms with Gasteiger partial charge in [-0.1, -0.05) is 29.3 Å². The predicted molar refractivity (Wildman–Crippen MR) is 81.9 cm³/mol. The van der Waals surface area contributed by atoms with E-state index >= 15 is 0 Å². The van der Waals surface area contributed by atoms with Crippen molar-refractivity contribution < 1.29 is 14.4 Å². The second-order valence-corrected chi connectivity index (χ2v) is 6.06. The lowest BCUT2D eigenvalue weighted by Crippen LogP contribution is -2.39. The monoisotopic (exact) mass is 341 g/mol. The van der Waals surface area contributed by atoms with E-state index in [1.54, 1.807) is 18.2 Å². The number of rotatable bonds is 4. The van der Waals surface area contributed by atoms with Gasteiger partial charge in [0.25, 0.3) is 5.91 Å². The van der Waals surface area contributed by atoms with Crippen molar-refractivity contribution in [3.05, 3.63) is 28.2 Å². The molecule has 0 unspecified atom stereocenters. The van der Waals surface area contributed by atoms with Gasteiger partial charge in [0.2, 0.25) is 5.91 Å². The van der Waals surface area contributed by atoms with Crippen LogP contribution in [0.15, 0.2) is 18.2 Å². The maximum Gasteiger partial charge on any atom is 0.327 e. The fraction of sp³-hybridized carbons (Fsp3) is 0.357. The molecule has 6 nitrogen and oxygen atoms in total. The topological polar surface area (TPSA) is 69.7 Å². The molecule has 8 heteroatoms. The molecule has 0 bridgehead atoms. The number of urea groups is 1. The number of imide groups is 1. The van der Waals surface area contributed by atoms with Gasteiger partial charge in [0, 0.05) is 6.04 Å². The Kier molecular flexibility index (Phi) is 3.97. The standard InChI is InChI=1S/C14H13Cl2N3O3/c15-9-2-1-3-10(13(9)16)17-11(20)6-19-12(21)7-18(14(19)22)8-4-5-8/h1-3,8H,4-7H2,(H,17,20). The Morgan fingerprint density at radius 3 is 2.68 bits per heavy atom. The second-order valence-electron chi connectivity index (χ2n) is 5.27. The smallest absolute Gasteiger partial charge is 0.323 e. The predicted octanol–water partition coefficient (Wildman–Crippen LogP) is 2.36.